The van der Waals surface area contributed by atoms with Crippen LogP contribution in [0.25, 0.3) is 22.2 Å². The predicted octanol–water partition coefficient (Wildman–Crippen LogP) is 3.13. The van der Waals surface area contributed by atoms with Crippen molar-refractivity contribution in [1.29, 1.82) is 0 Å². The first kappa shape index (κ1) is 22.5. The van der Waals surface area contributed by atoms with Crippen LogP contribution in [0.5, 0.6) is 0 Å². The third-order valence-corrected chi connectivity index (χ3v) is 7.75. The molecule has 184 valence electrons. The third-order valence-electron chi connectivity index (χ3n) is 7.75. The number of urea groups is 1. The van der Waals surface area contributed by atoms with Gasteiger partial charge in [-0.05, 0) is 66.1 Å². The standard InChI is InChI=1S/C27H33N5O3/c1-17-13-29-26-22(17)12-20(14-30-26)19-10-18-2-6-32(27(34)31-7-3-21(33)4-8-31)15-24(18)23(11-19)25-16-35-9-5-28-25/h10-14,21,25,28,33H,2-9,15-16H2,1H3,(H,29,30). The molecule has 5 heterocycles. The molecule has 1 atom stereocenters. The number of rotatable bonds is 2. The number of H-pyrrole nitrogens is 1. The fourth-order valence-electron chi connectivity index (χ4n) is 5.65. The minimum atomic E-state index is -0.285. The summed E-state index contributed by atoms with van der Waals surface area (Å²) in [6.45, 7) is 6.83. The molecule has 2 aromatic heterocycles. The van der Waals surface area contributed by atoms with Crippen LogP contribution in [-0.2, 0) is 17.7 Å². The van der Waals surface area contributed by atoms with E-state index >= 15 is 0 Å². The molecule has 2 fully saturated rings. The number of aromatic nitrogens is 2. The Labute approximate surface area is 205 Å². The Bertz CT molecular complexity index is 1240. The van der Waals surface area contributed by atoms with Crippen LogP contribution in [0.2, 0.25) is 0 Å². The second-order valence-electron chi connectivity index (χ2n) is 10.0. The summed E-state index contributed by atoms with van der Waals surface area (Å²) in [6.07, 6.45) is 5.80. The van der Waals surface area contributed by atoms with Gasteiger partial charge < -0.3 is 29.9 Å². The van der Waals surface area contributed by atoms with Gasteiger partial charge in [0.1, 0.15) is 5.65 Å². The average Bonchev–Trinajstić information content (AvgIpc) is 3.28. The zero-order valence-electron chi connectivity index (χ0n) is 20.2. The Morgan fingerprint density at radius 3 is 2.80 bits per heavy atom. The van der Waals surface area contributed by atoms with Crippen molar-refractivity contribution in [1.82, 2.24) is 25.1 Å². The van der Waals surface area contributed by atoms with E-state index in [0.29, 0.717) is 45.6 Å². The Hall–Kier alpha value is -2.94. The molecule has 8 nitrogen and oxygen atoms in total. The molecule has 0 radical (unpaired) electrons. The van der Waals surface area contributed by atoms with E-state index in [1.165, 1.54) is 22.3 Å². The number of nitrogens with one attached hydrogen (secondary N) is 2. The van der Waals surface area contributed by atoms with Crippen LogP contribution in [0.1, 0.15) is 41.1 Å². The summed E-state index contributed by atoms with van der Waals surface area (Å²) in [5, 5.41) is 14.6. The highest BCUT2D eigenvalue weighted by Crippen LogP contribution is 2.35. The lowest BCUT2D eigenvalue weighted by molar-refractivity contribution is 0.0749. The van der Waals surface area contributed by atoms with E-state index in [-0.39, 0.29) is 18.2 Å². The van der Waals surface area contributed by atoms with Crippen molar-refractivity contribution in [3.05, 3.63) is 52.8 Å². The maximum Gasteiger partial charge on any atom is 0.320 e. The molecule has 35 heavy (non-hydrogen) atoms. The van der Waals surface area contributed by atoms with E-state index in [4.69, 9.17) is 4.74 Å². The molecule has 8 heteroatoms. The number of aromatic amines is 1. The topological polar surface area (TPSA) is 93.7 Å². The van der Waals surface area contributed by atoms with Crippen molar-refractivity contribution >= 4 is 17.1 Å². The fraction of sp³-hybridized carbons (Fsp3) is 0.481. The summed E-state index contributed by atoms with van der Waals surface area (Å²) in [6, 6.07) is 6.95. The monoisotopic (exact) mass is 475 g/mol. The van der Waals surface area contributed by atoms with Gasteiger partial charge >= 0.3 is 6.03 Å². The maximum atomic E-state index is 13.3. The smallest absolute Gasteiger partial charge is 0.320 e. The van der Waals surface area contributed by atoms with Gasteiger partial charge in [0, 0.05) is 56.1 Å². The van der Waals surface area contributed by atoms with E-state index in [2.05, 4.69) is 40.4 Å². The Balaban J connectivity index is 1.35. The number of aliphatic hydroxyl groups excluding tert-OH is 1. The molecule has 0 aliphatic carbocycles. The summed E-state index contributed by atoms with van der Waals surface area (Å²) in [7, 11) is 0. The molecular formula is C27H33N5O3. The number of ether oxygens (including phenoxy) is 1. The number of hydrogen-bond donors (Lipinski definition) is 3. The van der Waals surface area contributed by atoms with Crippen LogP contribution in [0.15, 0.2) is 30.6 Å². The maximum absolute atomic E-state index is 13.3. The molecule has 1 unspecified atom stereocenters. The molecule has 0 bridgehead atoms. The molecule has 3 aromatic rings. The van der Waals surface area contributed by atoms with E-state index in [1.807, 2.05) is 22.2 Å². The first-order valence-electron chi connectivity index (χ1n) is 12.7. The molecule has 6 rings (SSSR count). The predicted molar refractivity (Wildman–Crippen MR) is 134 cm³/mol. The summed E-state index contributed by atoms with van der Waals surface area (Å²) in [5.74, 6) is 0. The zero-order valence-corrected chi connectivity index (χ0v) is 20.2. The van der Waals surface area contributed by atoms with Gasteiger partial charge in [-0.15, -0.1) is 0 Å². The highest BCUT2D eigenvalue weighted by Gasteiger charge is 2.31. The number of aryl methyl sites for hydroxylation is 1. The molecule has 0 spiro atoms. The Morgan fingerprint density at radius 2 is 2.00 bits per heavy atom. The van der Waals surface area contributed by atoms with Gasteiger partial charge in [0.2, 0.25) is 0 Å². The number of carbonyl (C=O) groups excluding carboxylic acids is 1. The number of fused-ring (bicyclic) bond motifs is 2. The number of amides is 2. The molecule has 0 saturated carbocycles. The van der Waals surface area contributed by atoms with Crippen LogP contribution < -0.4 is 5.32 Å². The highest BCUT2D eigenvalue weighted by molar-refractivity contribution is 5.84. The highest BCUT2D eigenvalue weighted by atomic mass is 16.5. The van der Waals surface area contributed by atoms with Crippen molar-refractivity contribution in [2.45, 2.75) is 44.9 Å². The molecule has 3 N–H and O–H groups in total. The lowest BCUT2D eigenvalue weighted by atomic mass is 9.87. The minimum absolute atomic E-state index is 0.0861. The summed E-state index contributed by atoms with van der Waals surface area (Å²) in [4.78, 5) is 25.1. The van der Waals surface area contributed by atoms with Crippen LogP contribution in [-0.4, -0.2) is 76.4 Å². The quantitative estimate of drug-likeness (QED) is 0.530. The lowest BCUT2D eigenvalue weighted by Gasteiger charge is -2.38. The van der Waals surface area contributed by atoms with E-state index in [0.717, 1.165) is 41.7 Å². The van der Waals surface area contributed by atoms with Crippen molar-refractivity contribution < 1.29 is 14.6 Å². The first-order chi connectivity index (χ1) is 17.1. The minimum Gasteiger partial charge on any atom is -0.393 e. The number of piperidine rings is 1. The number of morpholine rings is 1. The third kappa shape index (κ3) is 4.30. The van der Waals surface area contributed by atoms with Crippen molar-refractivity contribution in [2.24, 2.45) is 0 Å². The zero-order chi connectivity index (χ0) is 23.9. The second-order valence-corrected chi connectivity index (χ2v) is 10.0. The van der Waals surface area contributed by atoms with Crippen molar-refractivity contribution in [2.75, 3.05) is 39.4 Å². The number of hydrogen-bond acceptors (Lipinski definition) is 5. The average molecular weight is 476 g/mol. The fourth-order valence-corrected chi connectivity index (χ4v) is 5.65. The van der Waals surface area contributed by atoms with Gasteiger partial charge in [-0.25, -0.2) is 9.78 Å². The van der Waals surface area contributed by atoms with E-state index in [9.17, 15) is 9.90 Å². The molecule has 2 amide bonds. The summed E-state index contributed by atoms with van der Waals surface area (Å²) in [5.41, 5.74) is 8.11. The second kappa shape index (κ2) is 9.26. The first-order valence-corrected chi connectivity index (χ1v) is 12.7. The lowest BCUT2D eigenvalue weighted by Crippen LogP contribution is -2.49. The van der Waals surface area contributed by atoms with Crippen molar-refractivity contribution in [3.8, 4) is 11.1 Å². The SMILES string of the molecule is Cc1c[nH]c2ncc(-c3cc4c(c(C5COCCN5)c3)CN(C(=O)N3CCC(O)CC3)CC4)cc12. The molecular weight excluding hydrogens is 442 g/mol. The van der Waals surface area contributed by atoms with E-state index in [1.54, 1.807) is 0 Å². The number of aliphatic hydroxyl groups is 1. The molecule has 1 aromatic carbocycles. The van der Waals surface area contributed by atoms with Crippen LogP contribution in [0.3, 0.4) is 0 Å². The number of nitrogens with zero attached hydrogens (tertiary/aromatic N) is 3. The summed E-state index contributed by atoms with van der Waals surface area (Å²) >= 11 is 0. The van der Waals surface area contributed by atoms with Gasteiger partial charge in [-0.1, -0.05) is 6.07 Å². The van der Waals surface area contributed by atoms with Gasteiger partial charge in [0.05, 0.1) is 25.4 Å². The van der Waals surface area contributed by atoms with Gasteiger partial charge in [0.25, 0.3) is 0 Å². The number of likely N-dealkylation sites (tertiary alicyclic amines) is 1. The van der Waals surface area contributed by atoms with Crippen LogP contribution >= 0.6 is 0 Å². The number of benzene rings is 1. The van der Waals surface area contributed by atoms with E-state index < -0.39 is 0 Å². The Kier molecular flexibility index (Phi) is 5.96. The normalized spacial score (nSPS) is 21.4. The number of pyridine rings is 1. The van der Waals surface area contributed by atoms with Crippen LogP contribution in [0, 0.1) is 6.92 Å². The molecule has 3 aliphatic rings. The van der Waals surface area contributed by atoms with Gasteiger partial charge in [0.15, 0.2) is 0 Å². The van der Waals surface area contributed by atoms with Crippen LogP contribution in [0.4, 0.5) is 4.79 Å². The largest absolute Gasteiger partial charge is 0.393 e. The summed E-state index contributed by atoms with van der Waals surface area (Å²) < 4.78 is 5.82. The van der Waals surface area contributed by atoms with Crippen molar-refractivity contribution in [3.63, 3.8) is 0 Å². The molecule has 3 aliphatic heterocycles. The Morgan fingerprint density at radius 1 is 1.14 bits per heavy atom. The van der Waals surface area contributed by atoms with Gasteiger partial charge in [-0.2, -0.15) is 0 Å². The van der Waals surface area contributed by atoms with Gasteiger partial charge in [-0.3, -0.25) is 0 Å². The molecule has 2 saturated heterocycles. The number of carbonyl (C=O) groups is 1.